The van der Waals surface area contributed by atoms with Crippen LogP contribution in [-0.2, 0) is 6.42 Å². The fourth-order valence-corrected chi connectivity index (χ4v) is 2.43. The molecule has 0 saturated carbocycles. The topological polar surface area (TPSA) is 54.9 Å². The third kappa shape index (κ3) is 6.38. The summed E-state index contributed by atoms with van der Waals surface area (Å²) in [5.74, 6) is 3.26. The number of methoxy groups -OCH3 is 2. The van der Waals surface area contributed by atoms with Gasteiger partial charge in [-0.25, -0.2) is 0 Å². The third-order valence-electron chi connectivity index (χ3n) is 4.11. The van der Waals surface area contributed by atoms with E-state index in [1.165, 1.54) is 12.8 Å². The van der Waals surface area contributed by atoms with Gasteiger partial charge in [0.1, 0.15) is 11.5 Å². The average Bonchev–Trinajstić information content (AvgIpc) is 2.60. The average molecular weight is 321 g/mol. The summed E-state index contributed by atoms with van der Waals surface area (Å²) in [6.45, 7) is 6.18. The van der Waals surface area contributed by atoms with Crippen molar-refractivity contribution >= 4 is 5.96 Å². The maximum atomic E-state index is 5.41. The van der Waals surface area contributed by atoms with E-state index in [0.29, 0.717) is 5.92 Å². The first-order valence-electron chi connectivity index (χ1n) is 8.33. The summed E-state index contributed by atoms with van der Waals surface area (Å²) in [5.41, 5.74) is 1.12. The second-order valence-electron chi connectivity index (χ2n) is 5.49. The van der Waals surface area contributed by atoms with E-state index in [-0.39, 0.29) is 0 Å². The van der Waals surface area contributed by atoms with Crippen molar-refractivity contribution in [3.05, 3.63) is 23.8 Å². The summed E-state index contributed by atoms with van der Waals surface area (Å²) in [5, 5.41) is 6.74. The highest BCUT2D eigenvalue weighted by molar-refractivity contribution is 5.79. The van der Waals surface area contributed by atoms with E-state index in [9.17, 15) is 0 Å². The monoisotopic (exact) mass is 321 g/mol. The first-order chi connectivity index (χ1) is 11.2. The Bertz CT molecular complexity index is 485. The van der Waals surface area contributed by atoms with Gasteiger partial charge in [0.15, 0.2) is 5.96 Å². The number of ether oxygens (including phenoxy) is 2. The number of nitrogens with zero attached hydrogens (tertiary/aromatic N) is 1. The lowest BCUT2D eigenvalue weighted by atomic mass is 10.0. The molecule has 0 aliphatic heterocycles. The van der Waals surface area contributed by atoms with Crippen LogP contribution in [0.5, 0.6) is 11.5 Å². The molecule has 23 heavy (non-hydrogen) atoms. The minimum Gasteiger partial charge on any atom is -0.497 e. The summed E-state index contributed by atoms with van der Waals surface area (Å²) in [6.07, 6.45) is 3.20. The first kappa shape index (κ1) is 19.1. The minimum atomic E-state index is 0.687. The number of rotatable bonds is 9. The molecule has 1 aromatic carbocycles. The molecule has 0 unspecified atom stereocenters. The normalized spacial score (nSPS) is 11.5. The molecule has 0 aliphatic carbocycles. The molecular formula is C18H31N3O2. The van der Waals surface area contributed by atoms with Crippen LogP contribution in [0, 0.1) is 5.92 Å². The van der Waals surface area contributed by atoms with Gasteiger partial charge in [-0.2, -0.15) is 0 Å². The van der Waals surface area contributed by atoms with Crippen LogP contribution >= 0.6 is 0 Å². The molecule has 5 heteroatoms. The molecule has 130 valence electrons. The largest absolute Gasteiger partial charge is 0.497 e. The van der Waals surface area contributed by atoms with Crippen molar-refractivity contribution in [2.24, 2.45) is 10.9 Å². The smallest absolute Gasteiger partial charge is 0.190 e. The van der Waals surface area contributed by atoms with Crippen molar-refractivity contribution in [1.29, 1.82) is 0 Å². The number of hydrogen-bond donors (Lipinski definition) is 2. The van der Waals surface area contributed by atoms with Gasteiger partial charge in [0.2, 0.25) is 0 Å². The molecule has 0 spiro atoms. The zero-order valence-electron chi connectivity index (χ0n) is 15.1. The lowest BCUT2D eigenvalue weighted by molar-refractivity contribution is 0.398. The Morgan fingerprint density at radius 2 is 1.87 bits per heavy atom. The van der Waals surface area contributed by atoms with Gasteiger partial charge in [0.05, 0.1) is 14.2 Å². The minimum absolute atomic E-state index is 0.687. The van der Waals surface area contributed by atoms with Crippen LogP contribution in [-0.4, -0.2) is 40.3 Å². The maximum Gasteiger partial charge on any atom is 0.190 e. The van der Waals surface area contributed by atoms with Gasteiger partial charge < -0.3 is 20.1 Å². The lowest BCUT2D eigenvalue weighted by Gasteiger charge is -2.17. The van der Waals surface area contributed by atoms with E-state index in [2.05, 4.69) is 29.5 Å². The van der Waals surface area contributed by atoms with Crippen LogP contribution in [0.3, 0.4) is 0 Å². The van der Waals surface area contributed by atoms with E-state index in [4.69, 9.17) is 9.47 Å². The molecule has 0 radical (unpaired) electrons. The standard InChI is InChI=1S/C18H31N3O2/c1-6-14(7-2)13-21-18(19-3)20-11-10-15-12-16(22-4)8-9-17(15)23-5/h8-9,12,14H,6-7,10-11,13H2,1-5H3,(H2,19,20,21). The van der Waals surface area contributed by atoms with E-state index in [1.807, 2.05) is 18.2 Å². The van der Waals surface area contributed by atoms with Crippen molar-refractivity contribution in [2.45, 2.75) is 33.1 Å². The Labute approximate surface area is 140 Å². The molecule has 0 fully saturated rings. The summed E-state index contributed by atoms with van der Waals surface area (Å²) < 4.78 is 10.7. The molecule has 5 nitrogen and oxygen atoms in total. The Morgan fingerprint density at radius 1 is 1.13 bits per heavy atom. The Kier molecular flexibility index (Phi) is 8.95. The van der Waals surface area contributed by atoms with Gasteiger partial charge in [-0.3, -0.25) is 4.99 Å². The van der Waals surface area contributed by atoms with Gasteiger partial charge in [-0.1, -0.05) is 26.7 Å². The van der Waals surface area contributed by atoms with Crippen molar-refractivity contribution in [2.75, 3.05) is 34.4 Å². The Morgan fingerprint density at radius 3 is 2.43 bits per heavy atom. The van der Waals surface area contributed by atoms with Crippen molar-refractivity contribution in [1.82, 2.24) is 10.6 Å². The van der Waals surface area contributed by atoms with Crippen LogP contribution in [0.4, 0.5) is 0 Å². The number of nitrogens with one attached hydrogen (secondary N) is 2. The maximum absolute atomic E-state index is 5.41. The van der Waals surface area contributed by atoms with E-state index < -0.39 is 0 Å². The number of hydrogen-bond acceptors (Lipinski definition) is 3. The zero-order chi connectivity index (χ0) is 17.1. The predicted octanol–water partition coefficient (Wildman–Crippen LogP) is 2.85. The number of benzene rings is 1. The molecule has 0 aliphatic rings. The van der Waals surface area contributed by atoms with Crippen molar-refractivity contribution in [3.63, 3.8) is 0 Å². The fraction of sp³-hybridized carbons (Fsp3) is 0.611. The summed E-state index contributed by atoms with van der Waals surface area (Å²) >= 11 is 0. The van der Waals surface area contributed by atoms with Gasteiger partial charge in [-0.15, -0.1) is 0 Å². The van der Waals surface area contributed by atoms with Crippen LogP contribution in [0.1, 0.15) is 32.3 Å². The molecule has 1 rings (SSSR count). The fourth-order valence-electron chi connectivity index (χ4n) is 2.43. The van der Waals surface area contributed by atoms with Crippen LogP contribution in [0.25, 0.3) is 0 Å². The molecule has 0 amide bonds. The molecule has 0 aromatic heterocycles. The molecule has 2 N–H and O–H groups in total. The van der Waals surface area contributed by atoms with Crippen molar-refractivity contribution < 1.29 is 9.47 Å². The van der Waals surface area contributed by atoms with Gasteiger partial charge in [0, 0.05) is 20.1 Å². The zero-order valence-corrected chi connectivity index (χ0v) is 15.1. The van der Waals surface area contributed by atoms with Gasteiger partial charge >= 0.3 is 0 Å². The molecular weight excluding hydrogens is 290 g/mol. The molecule has 0 bridgehead atoms. The first-order valence-corrected chi connectivity index (χ1v) is 8.33. The second kappa shape index (κ2) is 10.8. The van der Waals surface area contributed by atoms with Crippen LogP contribution < -0.4 is 20.1 Å². The molecule has 0 saturated heterocycles. The summed E-state index contributed by atoms with van der Waals surface area (Å²) in [7, 11) is 5.16. The number of aliphatic imine (C=N–C) groups is 1. The lowest BCUT2D eigenvalue weighted by Crippen LogP contribution is -2.40. The molecule has 0 atom stereocenters. The number of guanidine groups is 1. The molecule has 0 heterocycles. The predicted molar refractivity (Wildman–Crippen MR) is 96.7 cm³/mol. The Hall–Kier alpha value is -1.91. The summed E-state index contributed by atoms with van der Waals surface area (Å²) in [6, 6.07) is 5.86. The Balaban J connectivity index is 2.51. The second-order valence-corrected chi connectivity index (χ2v) is 5.49. The van der Waals surface area contributed by atoms with E-state index in [1.54, 1.807) is 21.3 Å². The van der Waals surface area contributed by atoms with E-state index in [0.717, 1.165) is 42.5 Å². The van der Waals surface area contributed by atoms with Gasteiger partial charge in [-0.05, 0) is 36.1 Å². The third-order valence-corrected chi connectivity index (χ3v) is 4.11. The SMILES string of the molecule is CCC(CC)CNC(=NC)NCCc1cc(OC)ccc1OC. The summed E-state index contributed by atoms with van der Waals surface area (Å²) in [4.78, 5) is 4.27. The van der Waals surface area contributed by atoms with Gasteiger partial charge in [0.25, 0.3) is 0 Å². The van der Waals surface area contributed by atoms with Crippen LogP contribution in [0.15, 0.2) is 23.2 Å². The van der Waals surface area contributed by atoms with E-state index >= 15 is 0 Å². The highest BCUT2D eigenvalue weighted by Gasteiger charge is 2.07. The quantitative estimate of drug-likeness (QED) is 0.542. The van der Waals surface area contributed by atoms with Crippen molar-refractivity contribution in [3.8, 4) is 11.5 Å². The van der Waals surface area contributed by atoms with Crippen LogP contribution in [0.2, 0.25) is 0 Å². The highest BCUT2D eigenvalue weighted by Crippen LogP contribution is 2.24. The molecule has 1 aromatic rings. The highest BCUT2D eigenvalue weighted by atomic mass is 16.5.